The van der Waals surface area contributed by atoms with Gasteiger partial charge in [-0.1, -0.05) is 6.07 Å². The van der Waals surface area contributed by atoms with Crippen LogP contribution < -0.4 is 10.2 Å². The fourth-order valence-corrected chi connectivity index (χ4v) is 2.56. The summed E-state index contributed by atoms with van der Waals surface area (Å²) >= 11 is 0. The van der Waals surface area contributed by atoms with Crippen molar-refractivity contribution in [3.8, 4) is 5.75 Å². The van der Waals surface area contributed by atoms with E-state index in [0.29, 0.717) is 12.0 Å². The maximum atomic E-state index is 9.48. The molecule has 0 amide bonds. The molecule has 5 nitrogen and oxygen atoms in total. The number of hydrogen-bond acceptors (Lipinski definition) is 5. The Morgan fingerprint density at radius 2 is 2.25 bits per heavy atom. The van der Waals surface area contributed by atoms with Crippen LogP contribution in [0.15, 0.2) is 18.2 Å². The summed E-state index contributed by atoms with van der Waals surface area (Å²) in [6.07, 6.45) is 1.19. The SMILES string of the molecule is COc1ccc(B(O)O)c(CN2CCCOC(C)C2)c1. The molecule has 6 heteroatoms. The molecular formula is C14H22BNO4. The second kappa shape index (κ2) is 7.08. The van der Waals surface area contributed by atoms with Gasteiger partial charge in [-0.2, -0.15) is 0 Å². The lowest BCUT2D eigenvalue weighted by atomic mass is 9.77. The van der Waals surface area contributed by atoms with Gasteiger partial charge in [0.1, 0.15) is 5.75 Å². The lowest BCUT2D eigenvalue weighted by molar-refractivity contribution is 0.0668. The molecule has 1 aromatic carbocycles. The van der Waals surface area contributed by atoms with Gasteiger partial charge >= 0.3 is 7.12 Å². The molecule has 0 aliphatic carbocycles. The minimum absolute atomic E-state index is 0.200. The highest BCUT2D eigenvalue weighted by atomic mass is 16.5. The van der Waals surface area contributed by atoms with Crippen LogP contribution >= 0.6 is 0 Å². The van der Waals surface area contributed by atoms with Crippen LogP contribution in [0.1, 0.15) is 18.9 Å². The van der Waals surface area contributed by atoms with E-state index in [4.69, 9.17) is 9.47 Å². The van der Waals surface area contributed by atoms with Crippen molar-refractivity contribution in [2.45, 2.75) is 26.0 Å². The highest BCUT2D eigenvalue weighted by molar-refractivity contribution is 6.59. The van der Waals surface area contributed by atoms with Gasteiger partial charge in [0.25, 0.3) is 0 Å². The zero-order chi connectivity index (χ0) is 14.5. The average molecular weight is 279 g/mol. The van der Waals surface area contributed by atoms with Crippen molar-refractivity contribution < 1.29 is 19.5 Å². The zero-order valence-electron chi connectivity index (χ0n) is 12.1. The first-order valence-electron chi connectivity index (χ1n) is 6.97. The van der Waals surface area contributed by atoms with Gasteiger partial charge in [0.15, 0.2) is 0 Å². The van der Waals surface area contributed by atoms with Crippen molar-refractivity contribution in [1.29, 1.82) is 0 Å². The van der Waals surface area contributed by atoms with Crippen molar-refractivity contribution >= 4 is 12.6 Å². The van der Waals surface area contributed by atoms with Gasteiger partial charge in [-0.15, -0.1) is 0 Å². The fourth-order valence-electron chi connectivity index (χ4n) is 2.56. The largest absolute Gasteiger partial charge is 0.497 e. The summed E-state index contributed by atoms with van der Waals surface area (Å²) in [5.41, 5.74) is 1.41. The van der Waals surface area contributed by atoms with Crippen LogP contribution in [0.3, 0.4) is 0 Å². The summed E-state index contributed by atoms with van der Waals surface area (Å²) in [5.74, 6) is 0.725. The lowest BCUT2D eigenvalue weighted by Gasteiger charge is -2.23. The molecule has 20 heavy (non-hydrogen) atoms. The van der Waals surface area contributed by atoms with E-state index in [1.807, 2.05) is 6.07 Å². The molecule has 0 spiro atoms. The minimum atomic E-state index is -1.46. The molecule has 1 unspecified atom stereocenters. The van der Waals surface area contributed by atoms with Crippen LogP contribution in [0.5, 0.6) is 5.75 Å². The maximum absolute atomic E-state index is 9.48. The Bertz CT molecular complexity index is 441. The molecule has 1 fully saturated rings. The highest BCUT2D eigenvalue weighted by Crippen LogP contribution is 2.15. The molecule has 1 aliphatic heterocycles. The third kappa shape index (κ3) is 3.96. The first kappa shape index (κ1) is 15.3. The highest BCUT2D eigenvalue weighted by Gasteiger charge is 2.20. The molecule has 2 N–H and O–H groups in total. The molecule has 110 valence electrons. The van der Waals surface area contributed by atoms with Gasteiger partial charge in [0.05, 0.1) is 13.2 Å². The van der Waals surface area contributed by atoms with Crippen molar-refractivity contribution in [2.24, 2.45) is 0 Å². The lowest BCUT2D eigenvalue weighted by Crippen LogP contribution is -2.37. The molecule has 0 saturated carbocycles. The normalized spacial score (nSPS) is 20.5. The van der Waals surface area contributed by atoms with Gasteiger partial charge in [-0.25, -0.2) is 0 Å². The zero-order valence-corrected chi connectivity index (χ0v) is 12.1. The Hall–Kier alpha value is -1.08. The van der Waals surface area contributed by atoms with E-state index in [9.17, 15) is 10.0 Å². The summed E-state index contributed by atoms with van der Waals surface area (Å²) in [6, 6.07) is 5.31. The second-order valence-electron chi connectivity index (χ2n) is 5.21. The van der Waals surface area contributed by atoms with Crippen LogP contribution in [0, 0.1) is 0 Å². The Kier molecular flexibility index (Phi) is 5.42. The summed E-state index contributed by atoms with van der Waals surface area (Å²) < 4.78 is 10.8. The first-order chi connectivity index (χ1) is 9.60. The number of ether oxygens (including phenoxy) is 2. The predicted molar refractivity (Wildman–Crippen MR) is 78.1 cm³/mol. The van der Waals surface area contributed by atoms with E-state index >= 15 is 0 Å². The average Bonchev–Trinajstić information content (AvgIpc) is 2.62. The minimum Gasteiger partial charge on any atom is -0.497 e. The molecule has 0 aromatic heterocycles. The standard InChI is InChI=1S/C14H22BNO4/c1-11-9-16(6-3-7-20-11)10-12-8-13(19-2)4-5-14(12)15(17)18/h4-5,8,11,17-18H,3,6-7,9-10H2,1-2H3. The van der Waals surface area contributed by atoms with E-state index < -0.39 is 7.12 Å². The Labute approximate surface area is 120 Å². The Morgan fingerprint density at radius 3 is 2.95 bits per heavy atom. The molecule has 1 aromatic rings. The quantitative estimate of drug-likeness (QED) is 0.759. The molecule has 1 heterocycles. The monoisotopic (exact) mass is 279 g/mol. The molecule has 1 saturated heterocycles. The molecule has 1 aliphatic rings. The Morgan fingerprint density at radius 1 is 1.45 bits per heavy atom. The van der Waals surface area contributed by atoms with Crippen LogP contribution in [-0.4, -0.2) is 55.0 Å². The smallest absolute Gasteiger partial charge is 0.488 e. The fraction of sp³-hybridized carbons (Fsp3) is 0.571. The van der Waals surface area contributed by atoms with Crippen molar-refractivity contribution in [2.75, 3.05) is 26.8 Å². The predicted octanol–water partition coefficient (Wildman–Crippen LogP) is -0.0142. The summed E-state index contributed by atoms with van der Waals surface area (Å²) in [6.45, 7) is 5.30. The Balaban J connectivity index is 2.17. The molecule has 0 radical (unpaired) electrons. The van der Waals surface area contributed by atoms with Crippen LogP contribution in [0.25, 0.3) is 0 Å². The van der Waals surface area contributed by atoms with Gasteiger partial charge in [-0.05, 0) is 36.5 Å². The van der Waals surface area contributed by atoms with E-state index in [-0.39, 0.29) is 6.10 Å². The number of benzene rings is 1. The number of methoxy groups -OCH3 is 1. The topological polar surface area (TPSA) is 62.2 Å². The van der Waals surface area contributed by atoms with Crippen molar-refractivity contribution in [1.82, 2.24) is 4.90 Å². The number of nitrogens with zero attached hydrogens (tertiary/aromatic N) is 1. The molecule has 0 bridgehead atoms. The van der Waals surface area contributed by atoms with Crippen LogP contribution in [0.2, 0.25) is 0 Å². The van der Waals surface area contributed by atoms with Crippen molar-refractivity contribution in [3.05, 3.63) is 23.8 Å². The second-order valence-corrected chi connectivity index (χ2v) is 5.21. The van der Waals surface area contributed by atoms with Gasteiger partial charge in [0.2, 0.25) is 0 Å². The summed E-state index contributed by atoms with van der Waals surface area (Å²) in [5, 5.41) is 19.0. The third-order valence-corrected chi connectivity index (χ3v) is 3.56. The summed E-state index contributed by atoms with van der Waals surface area (Å²) in [7, 11) is 0.146. The number of rotatable bonds is 4. The number of hydrogen-bond donors (Lipinski definition) is 2. The molecular weight excluding hydrogens is 257 g/mol. The van der Waals surface area contributed by atoms with Gasteiger partial charge in [0, 0.05) is 26.2 Å². The van der Waals surface area contributed by atoms with Gasteiger partial charge < -0.3 is 19.5 Å². The van der Waals surface area contributed by atoms with Crippen molar-refractivity contribution in [3.63, 3.8) is 0 Å². The van der Waals surface area contributed by atoms with Gasteiger partial charge in [-0.3, -0.25) is 4.90 Å². The molecule has 2 rings (SSSR count). The van der Waals surface area contributed by atoms with Crippen LogP contribution in [0.4, 0.5) is 0 Å². The summed E-state index contributed by atoms with van der Waals surface area (Å²) in [4.78, 5) is 2.28. The molecule has 1 atom stereocenters. The van der Waals surface area contributed by atoms with E-state index in [1.165, 1.54) is 0 Å². The van der Waals surface area contributed by atoms with Crippen LogP contribution in [-0.2, 0) is 11.3 Å². The van der Waals surface area contributed by atoms with E-state index in [0.717, 1.165) is 37.4 Å². The third-order valence-electron chi connectivity index (χ3n) is 3.56. The first-order valence-corrected chi connectivity index (χ1v) is 6.97. The maximum Gasteiger partial charge on any atom is 0.488 e. The van der Waals surface area contributed by atoms with E-state index in [2.05, 4.69) is 11.8 Å². The van der Waals surface area contributed by atoms with E-state index in [1.54, 1.807) is 19.2 Å².